The molecule has 0 bridgehead atoms. The third kappa shape index (κ3) is 3.00. The van der Waals surface area contributed by atoms with E-state index in [1.54, 1.807) is 11.3 Å². The number of thiazole rings is 1. The molecule has 0 aliphatic carbocycles. The summed E-state index contributed by atoms with van der Waals surface area (Å²) in [5.74, 6) is 0. The van der Waals surface area contributed by atoms with Gasteiger partial charge in [-0.05, 0) is 24.6 Å². The molecular formula is C17H15ClN2S. The highest BCUT2D eigenvalue weighted by Crippen LogP contribution is 2.32. The first-order chi connectivity index (χ1) is 10.1. The first-order valence-electron chi connectivity index (χ1n) is 6.69. The van der Waals surface area contributed by atoms with Crippen molar-refractivity contribution in [1.82, 2.24) is 4.98 Å². The van der Waals surface area contributed by atoms with Crippen LogP contribution in [0.15, 0.2) is 54.6 Å². The molecule has 0 spiro atoms. The van der Waals surface area contributed by atoms with E-state index in [0.717, 1.165) is 21.8 Å². The van der Waals surface area contributed by atoms with Gasteiger partial charge in [0.1, 0.15) is 5.01 Å². The van der Waals surface area contributed by atoms with Gasteiger partial charge in [-0.15, -0.1) is 11.3 Å². The molecule has 2 nitrogen and oxygen atoms in total. The van der Waals surface area contributed by atoms with Crippen LogP contribution >= 0.6 is 22.9 Å². The van der Waals surface area contributed by atoms with Crippen molar-refractivity contribution in [2.75, 3.05) is 0 Å². The van der Waals surface area contributed by atoms with Gasteiger partial charge in [0.2, 0.25) is 0 Å². The standard InChI is InChI=1S/C17H15ClN2S/c1-11-16(12-6-3-2-4-7-12)20-17(21-11)15(19)13-8-5-9-14(18)10-13/h2-10,15H,19H2,1H3. The highest BCUT2D eigenvalue weighted by molar-refractivity contribution is 7.12. The molecule has 0 fully saturated rings. The Hall–Kier alpha value is -1.68. The van der Waals surface area contributed by atoms with Crippen LogP contribution in [0.1, 0.15) is 21.5 Å². The second-order valence-electron chi connectivity index (χ2n) is 4.86. The van der Waals surface area contributed by atoms with Gasteiger partial charge >= 0.3 is 0 Å². The van der Waals surface area contributed by atoms with Gasteiger partial charge in [0.05, 0.1) is 11.7 Å². The van der Waals surface area contributed by atoms with E-state index >= 15 is 0 Å². The first-order valence-corrected chi connectivity index (χ1v) is 7.88. The predicted molar refractivity (Wildman–Crippen MR) is 89.8 cm³/mol. The van der Waals surface area contributed by atoms with Gasteiger partial charge in [0.25, 0.3) is 0 Å². The number of rotatable bonds is 3. The maximum absolute atomic E-state index is 6.33. The number of aryl methyl sites for hydroxylation is 1. The molecule has 0 amide bonds. The average Bonchev–Trinajstić information content (AvgIpc) is 2.89. The normalized spacial score (nSPS) is 12.3. The molecule has 0 saturated carbocycles. The Morgan fingerprint density at radius 3 is 2.57 bits per heavy atom. The molecule has 3 aromatic rings. The van der Waals surface area contributed by atoms with E-state index in [-0.39, 0.29) is 6.04 Å². The van der Waals surface area contributed by atoms with Crippen molar-refractivity contribution in [2.24, 2.45) is 5.73 Å². The Morgan fingerprint density at radius 2 is 1.86 bits per heavy atom. The van der Waals surface area contributed by atoms with Crippen LogP contribution in [0.25, 0.3) is 11.3 Å². The summed E-state index contributed by atoms with van der Waals surface area (Å²) >= 11 is 7.67. The lowest BCUT2D eigenvalue weighted by molar-refractivity contribution is 0.859. The number of nitrogens with zero attached hydrogens (tertiary/aromatic N) is 1. The van der Waals surface area contributed by atoms with Gasteiger partial charge in [0, 0.05) is 15.5 Å². The molecule has 2 aromatic carbocycles. The number of benzene rings is 2. The summed E-state index contributed by atoms with van der Waals surface area (Å²) in [7, 11) is 0. The molecule has 1 aromatic heterocycles. The van der Waals surface area contributed by atoms with Crippen molar-refractivity contribution in [3.8, 4) is 11.3 Å². The molecule has 0 saturated heterocycles. The van der Waals surface area contributed by atoms with E-state index in [1.807, 2.05) is 42.5 Å². The summed E-state index contributed by atoms with van der Waals surface area (Å²) in [5, 5.41) is 1.60. The number of hydrogen-bond acceptors (Lipinski definition) is 3. The summed E-state index contributed by atoms with van der Waals surface area (Å²) < 4.78 is 0. The van der Waals surface area contributed by atoms with E-state index in [9.17, 15) is 0 Å². The molecular weight excluding hydrogens is 300 g/mol. The molecule has 106 valence electrons. The van der Waals surface area contributed by atoms with Crippen LogP contribution in [0.3, 0.4) is 0 Å². The third-order valence-corrected chi connectivity index (χ3v) is 4.62. The van der Waals surface area contributed by atoms with Crippen LogP contribution in [0.5, 0.6) is 0 Å². The summed E-state index contributed by atoms with van der Waals surface area (Å²) in [6, 6.07) is 17.6. The van der Waals surface area contributed by atoms with E-state index in [0.29, 0.717) is 5.02 Å². The Kier molecular flexibility index (Phi) is 4.06. The topological polar surface area (TPSA) is 38.9 Å². The quantitative estimate of drug-likeness (QED) is 0.752. The van der Waals surface area contributed by atoms with E-state index in [4.69, 9.17) is 22.3 Å². The first kappa shape index (κ1) is 14.3. The monoisotopic (exact) mass is 314 g/mol. The molecule has 1 unspecified atom stereocenters. The van der Waals surface area contributed by atoms with Crippen molar-refractivity contribution in [2.45, 2.75) is 13.0 Å². The van der Waals surface area contributed by atoms with Gasteiger partial charge < -0.3 is 5.73 Å². The summed E-state index contributed by atoms with van der Waals surface area (Å²) in [6.07, 6.45) is 0. The zero-order valence-corrected chi connectivity index (χ0v) is 13.2. The van der Waals surface area contributed by atoms with E-state index in [1.165, 1.54) is 4.88 Å². The zero-order chi connectivity index (χ0) is 14.8. The second-order valence-corrected chi connectivity index (χ2v) is 6.53. The highest BCUT2D eigenvalue weighted by Gasteiger charge is 2.16. The third-order valence-electron chi connectivity index (χ3n) is 3.33. The van der Waals surface area contributed by atoms with Crippen LogP contribution in [-0.4, -0.2) is 4.98 Å². The van der Waals surface area contributed by atoms with Crippen molar-refractivity contribution in [3.05, 3.63) is 75.1 Å². The van der Waals surface area contributed by atoms with E-state index < -0.39 is 0 Å². The van der Waals surface area contributed by atoms with Crippen LogP contribution < -0.4 is 5.73 Å². The van der Waals surface area contributed by atoms with Crippen LogP contribution in [0, 0.1) is 6.92 Å². The molecule has 0 aliphatic rings. The van der Waals surface area contributed by atoms with Crippen LogP contribution in [0.2, 0.25) is 5.02 Å². The Bertz CT molecular complexity index is 752. The minimum atomic E-state index is -0.245. The van der Waals surface area contributed by atoms with Gasteiger partial charge in [-0.3, -0.25) is 0 Å². The largest absolute Gasteiger partial charge is 0.318 e. The Morgan fingerprint density at radius 1 is 1.10 bits per heavy atom. The lowest BCUT2D eigenvalue weighted by Gasteiger charge is -2.08. The molecule has 1 heterocycles. The number of aromatic nitrogens is 1. The van der Waals surface area contributed by atoms with Gasteiger partial charge in [-0.1, -0.05) is 54.1 Å². The molecule has 0 radical (unpaired) electrons. The van der Waals surface area contributed by atoms with Gasteiger partial charge in [-0.2, -0.15) is 0 Å². The average molecular weight is 315 g/mol. The van der Waals surface area contributed by atoms with Gasteiger partial charge in [0.15, 0.2) is 0 Å². The fourth-order valence-corrected chi connectivity index (χ4v) is 3.43. The molecule has 3 rings (SSSR count). The Balaban J connectivity index is 1.97. The van der Waals surface area contributed by atoms with Crippen molar-refractivity contribution in [1.29, 1.82) is 0 Å². The maximum Gasteiger partial charge on any atom is 0.115 e. The van der Waals surface area contributed by atoms with Crippen molar-refractivity contribution >= 4 is 22.9 Å². The predicted octanol–water partition coefficient (Wildman–Crippen LogP) is 4.82. The zero-order valence-electron chi connectivity index (χ0n) is 11.6. The molecule has 2 N–H and O–H groups in total. The minimum Gasteiger partial charge on any atom is -0.318 e. The van der Waals surface area contributed by atoms with Gasteiger partial charge in [-0.25, -0.2) is 4.98 Å². The lowest BCUT2D eigenvalue weighted by Crippen LogP contribution is -2.11. The molecule has 0 aliphatic heterocycles. The molecule has 4 heteroatoms. The summed E-state index contributed by atoms with van der Waals surface area (Å²) in [5.41, 5.74) is 9.45. The van der Waals surface area contributed by atoms with Crippen molar-refractivity contribution in [3.63, 3.8) is 0 Å². The minimum absolute atomic E-state index is 0.245. The van der Waals surface area contributed by atoms with Crippen LogP contribution in [-0.2, 0) is 0 Å². The Labute approximate surface area is 133 Å². The fourth-order valence-electron chi connectivity index (χ4n) is 2.26. The highest BCUT2D eigenvalue weighted by atomic mass is 35.5. The van der Waals surface area contributed by atoms with Crippen molar-refractivity contribution < 1.29 is 0 Å². The maximum atomic E-state index is 6.33. The van der Waals surface area contributed by atoms with Crippen LogP contribution in [0.4, 0.5) is 0 Å². The summed E-state index contributed by atoms with van der Waals surface area (Å²) in [6.45, 7) is 2.08. The number of halogens is 1. The fraction of sp³-hybridized carbons (Fsp3) is 0.118. The molecule has 1 atom stereocenters. The number of hydrogen-bond donors (Lipinski definition) is 1. The molecule has 21 heavy (non-hydrogen) atoms. The second kappa shape index (κ2) is 5.98. The lowest BCUT2D eigenvalue weighted by atomic mass is 10.1. The SMILES string of the molecule is Cc1sc(C(N)c2cccc(Cl)c2)nc1-c1ccccc1. The van der Waals surface area contributed by atoms with E-state index in [2.05, 4.69) is 19.1 Å². The number of nitrogens with two attached hydrogens (primary N) is 1. The smallest absolute Gasteiger partial charge is 0.115 e. The summed E-state index contributed by atoms with van der Waals surface area (Å²) in [4.78, 5) is 5.91.